The maximum absolute atomic E-state index is 12.4. The molecule has 0 radical (unpaired) electrons. The Hall–Kier alpha value is -1.40. The number of fused-ring (bicyclic) bond motifs is 1. The Morgan fingerprint density at radius 3 is 2.52 bits per heavy atom. The number of anilines is 1. The lowest BCUT2D eigenvalue weighted by Crippen LogP contribution is -2.36. The van der Waals surface area contributed by atoms with Crippen LogP contribution in [0.1, 0.15) is 22.3 Å². The third kappa shape index (κ3) is 2.90. The van der Waals surface area contributed by atoms with Crippen molar-refractivity contribution in [1.82, 2.24) is 0 Å². The largest absolute Gasteiger partial charge is 0.375 e. The number of Topliss-reactive ketones (excluding diaryl/α,β-unsaturated/α-hetero) is 1. The summed E-state index contributed by atoms with van der Waals surface area (Å²) < 4.78 is 0.829. The Balaban J connectivity index is 1.98. The van der Waals surface area contributed by atoms with Gasteiger partial charge in [0.15, 0.2) is 11.4 Å². The second-order valence-electron chi connectivity index (χ2n) is 5.23. The molecule has 3 rings (SSSR count). The van der Waals surface area contributed by atoms with E-state index in [0.29, 0.717) is 5.56 Å². The van der Waals surface area contributed by atoms with Crippen molar-refractivity contribution in [2.45, 2.75) is 12.0 Å². The van der Waals surface area contributed by atoms with Crippen LogP contribution in [0, 0.1) is 0 Å². The number of aliphatic hydroxyl groups is 1. The van der Waals surface area contributed by atoms with Crippen LogP contribution in [-0.4, -0.2) is 16.8 Å². The molecule has 0 saturated carbocycles. The minimum atomic E-state index is -1.99. The third-order valence-electron chi connectivity index (χ3n) is 3.70. The highest BCUT2D eigenvalue weighted by molar-refractivity contribution is 9.10. The highest BCUT2D eigenvalue weighted by atomic mass is 79.9. The predicted molar refractivity (Wildman–Crippen MR) is 92.1 cm³/mol. The first-order valence-electron chi connectivity index (χ1n) is 6.63. The molecule has 1 heterocycles. The van der Waals surface area contributed by atoms with Crippen LogP contribution in [-0.2, 0) is 10.4 Å². The molecule has 1 atom stereocenters. The van der Waals surface area contributed by atoms with Crippen molar-refractivity contribution in [3.8, 4) is 0 Å². The molecule has 0 bridgehead atoms. The van der Waals surface area contributed by atoms with Gasteiger partial charge in [-0.25, -0.2) is 0 Å². The zero-order chi connectivity index (χ0) is 16.8. The fraction of sp³-hybridized carbons (Fsp3) is 0.125. The van der Waals surface area contributed by atoms with Crippen molar-refractivity contribution >= 4 is 56.5 Å². The molecule has 0 aromatic heterocycles. The van der Waals surface area contributed by atoms with Crippen LogP contribution >= 0.6 is 39.1 Å². The van der Waals surface area contributed by atoms with E-state index in [-0.39, 0.29) is 27.1 Å². The number of nitrogens with one attached hydrogen (secondary N) is 1. The number of carbonyl (C=O) groups is 2. The van der Waals surface area contributed by atoms with E-state index in [4.69, 9.17) is 23.2 Å². The molecular weight excluding hydrogens is 405 g/mol. The summed E-state index contributed by atoms with van der Waals surface area (Å²) in [6, 6.07) is 9.57. The van der Waals surface area contributed by atoms with E-state index in [1.54, 1.807) is 24.3 Å². The van der Waals surface area contributed by atoms with Crippen molar-refractivity contribution in [3.05, 3.63) is 62.0 Å². The van der Waals surface area contributed by atoms with Crippen LogP contribution in [0.15, 0.2) is 40.9 Å². The summed E-state index contributed by atoms with van der Waals surface area (Å²) in [4.78, 5) is 24.6. The van der Waals surface area contributed by atoms with Crippen molar-refractivity contribution < 1.29 is 14.7 Å². The van der Waals surface area contributed by atoms with E-state index in [9.17, 15) is 14.7 Å². The smallest absolute Gasteiger partial charge is 0.261 e. The molecule has 0 fully saturated rings. The van der Waals surface area contributed by atoms with Gasteiger partial charge in [0.05, 0.1) is 17.1 Å². The van der Waals surface area contributed by atoms with Gasteiger partial charge in [-0.2, -0.15) is 0 Å². The number of carbonyl (C=O) groups excluding carboxylic acids is 2. The lowest BCUT2D eigenvalue weighted by molar-refractivity contribution is -0.133. The number of ketones is 1. The van der Waals surface area contributed by atoms with E-state index in [1.807, 2.05) is 0 Å². The van der Waals surface area contributed by atoms with E-state index in [1.165, 1.54) is 12.1 Å². The topological polar surface area (TPSA) is 66.4 Å². The van der Waals surface area contributed by atoms with Crippen LogP contribution < -0.4 is 5.32 Å². The second kappa shape index (κ2) is 5.91. The molecule has 23 heavy (non-hydrogen) atoms. The fourth-order valence-electron chi connectivity index (χ4n) is 2.51. The highest BCUT2D eigenvalue weighted by Gasteiger charge is 2.47. The van der Waals surface area contributed by atoms with Crippen LogP contribution in [0.25, 0.3) is 0 Å². The minimum absolute atomic E-state index is 0.213. The van der Waals surface area contributed by atoms with Gasteiger partial charge in [-0.05, 0) is 24.3 Å². The van der Waals surface area contributed by atoms with Crippen LogP contribution in [0.5, 0.6) is 0 Å². The molecule has 2 aromatic rings. The highest BCUT2D eigenvalue weighted by Crippen LogP contribution is 2.44. The monoisotopic (exact) mass is 413 g/mol. The number of hydrogen-bond acceptors (Lipinski definition) is 3. The molecular formula is C16H10BrCl2NO3. The third-order valence-corrected chi connectivity index (χ3v) is 4.74. The summed E-state index contributed by atoms with van der Waals surface area (Å²) in [5.41, 5.74) is -1.10. The summed E-state index contributed by atoms with van der Waals surface area (Å²) >= 11 is 15.3. The van der Waals surface area contributed by atoms with Crippen molar-refractivity contribution in [2.75, 3.05) is 5.32 Å². The molecule has 0 aliphatic carbocycles. The molecule has 2 N–H and O–H groups in total. The average molecular weight is 415 g/mol. The van der Waals surface area contributed by atoms with E-state index >= 15 is 0 Å². The molecule has 7 heteroatoms. The first kappa shape index (κ1) is 16.5. The SMILES string of the molecule is O=C(C[C@]1(O)C(=O)Nc2c(Cl)cc(Cl)cc21)c1ccc(Br)cc1. The first-order valence-corrected chi connectivity index (χ1v) is 8.18. The summed E-state index contributed by atoms with van der Waals surface area (Å²) in [7, 11) is 0. The number of halogens is 3. The Bertz CT molecular complexity index is 823. The number of benzene rings is 2. The van der Waals surface area contributed by atoms with E-state index in [0.717, 1.165) is 4.47 Å². The lowest BCUT2D eigenvalue weighted by Gasteiger charge is -2.20. The zero-order valence-corrected chi connectivity index (χ0v) is 14.7. The summed E-state index contributed by atoms with van der Waals surface area (Å²) in [5.74, 6) is -1.05. The standard InChI is InChI=1S/C16H10BrCl2NO3/c17-9-3-1-8(2-4-9)13(21)7-16(23)11-5-10(18)6-12(19)14(11)20-15(16)22/h1-6,23H,7H2,(H,20,22)/t16-/m1/s1. The number of hydrogen-bond donors (Lipinski definition) is 2. The molecule has 4 nitrogen and oxygen atoms in total. The van der Waals surface area contributed by atoms with Crippen LogP contribution in [0.4, 0.5) is 5.69 Å². The lowest BCUT2D eigenvalue weighted by atomic mass is 9.88. The number of amides is 1. The summed E-state index contributed by atoms with van der Waals surface area (Å²) in [5, 5.41) is 13.8. The maximum Gasteiger partial charge on any atom is 0.261 e. The molecule has 1 aliphatic heterocycles. The van der Waals surface area contributed by atoms with E-state index in [2.05, 4.69) is 21.2 Å². The number of rotatable bonds is 3. The van der Waals surface area contributed by atoms with Gasteiger partial charge in [0.1, 0.15) is 0 Å². The molecule has 0 spiro atoms. The van der Waals surface area contributed by atoms with Gasteiger partial charge in [0.25, 0.3) is 5.91 Å². The van der Waals surface area contributed by atoms with Gasteiger partial charge in [0, 0.05) is 20.6 Å². The molecule has 1 amide bonds. The molecule has 0 unspecified atom stereocenters. The van der Waals surface area contributed by atoms with Gasteiger partial charge in [-0.15, -0.1) is 0 Å². The Labute approximate surface area is 150 Å². The molecule has 0 saturated heterocycles. The van der Waals surface area contributed by atoms with Crippen molar-refractivity contribution in [3.63, 3.8) is 0 Å². The fourth-order valence-corrected chi connectivity index (χ4v) is 3.32. The quantitative estimate of drug-likeness (QED) is 0.740. The average Bonchev–Trinajstić information content (AvgIpc) is 2.73. The summed E-state index contributed by atoms with van der Waals surface area (Å²) in [6.07, 6.45) is -0.399. The first-order chi connectivity index (χ1) is 10.8. The minimum Gasteiger partial charge on any atom is -0.375 e. The summed E-state index contributed by atoms with van der Waals surface area (Å²) in [6.45, 7) is 0. The maximum atomic E-state index is 12.4. The van der Waals surface area contributed by atoms with Crippen LogP contribution in [0.2, 0.25) is 10.0 Å². The molecule has 118 valence electrons. The second-order valence-corrected chi connectivity index (χ2v) is 6.99. The Morgan fingerprint density at radius 1 is 1.22 bits per heavy atom. The van der Waals surface area contributed by atoms with Gasteiger partial charge < -0.3 is 10.4 Å². The van der Waals surface area contributed by atoms with E-state index < -0.39 is 17.9 Å². The zero-order valence-electron chi connectivity index (χ0n) is 11.6. The predicted octanol–water partition coefficient (Wildman–Crippen LogP) is 4.17. The van der Waals surface area contributed by atoms with Gasteiger partial charge in [-0.3, -0.25) is 9.59 Å². The Kier molecular flexibility index (Phi) is 4.23. The molecule has 2 aromatic carbocycles. The van der Waals surface area contributed by atoms with Crippen molar-refractivity contribution in [1.29, 1.82) is 0 Å². The Morgan fingerprint density at radius 2 is 1.87 bits per heavy atom. The van der Waals surface area contributed by atoms with Gasteiger partial charge >= 0.3 is 0 Å². The van der Waals surface area contributed by atoms with Crippen molar-refractivity contribution in [2.24, 2.45) is 0 Å². The molecule has 1 aliphatic rings. The van der Waals surface area contributed by atoms with Gasteiger partial charge in [-0.1, -0.05) is 51.3 Å². The normalized spacial score (nSPS) is 19.4. The van der Waals surface area contributed by atoms with Gasteiger partial charge in [0.2, 0.25) is 0 Å². The van der Waals surface area contributed by atoms with Crippen LogP contribution in [0.3, 0.4) is 0 Å².